The van der Waals surface area contributed by atoms with Gasteiger partial charge in [-0.2, -0.15) is 4.98 Å². The monoisotopic (exact) mass is 356 g/mol. The maximum absolute atomic E-state index is 6.59. The number of nitrogens with zero attached hydrogens (tertiary/aromatic N) is 3. The first-order chi connectivity index (χ1) is 12.0. The molecule has 0 bridgehead atoms. The number of aliphatic imine (C=N–C) groups is 1. The van der Waals surface area contributed by atoms with Gasteiger partial charge in [0.1, 0.15) is 12.0 Å². The third kappa shape index (κ3) is 3.09. The molecule has 2 aromatic rings. The Bertz CT molecular complexity index is 811. The van der Waals surface area contributed by atoms with Gasteiger partial charge in [0.25, 0.3) is 0 Å². The predicted molar refractivity (Wildman–Crippen MR) is 99.8 cm³/mol. The van der Waals surface area contributed by atoms with Crippen molar-refractivity contribution >= 4 is 28.8 Å². The molecule has 1 atom stereocenters. The lowest BCUT2D eigenvalue weighted by Gasteiger charge is -2.30. The van der Waals surface area contributed by atoms with Crippen LogP contribution in [0.3, 0.4) is 0 Å². The molecule has 6 heteroatoms. The SMILES string of the molecule is CC1(Cl)Oc2ncnc(N)c2N=C1c1ccc(C2CCCCC2)cc1. The highest BCUT2D eigenvalue weighted by molar-refractivity contribution is 6.38. The van der Waals surface area contributed by atoms with Gasteiger partial charge in [-0.05, 0) is 31.2 Å². The number of ether oxygens (including phenoxy) is 1. The van der Waals surface area contributed by atoms with Gasteiger partial charge in [-0.25, -0.2) is 9.98 Å². The van der Waals surface area contributed by atoms with E-state index in [2.05, 4.69) is 39.2 Å². The summed E-state index contributed by atoms with van der Waals surface area (Å²) in [6, 6.07) is 8.50. The molecule has 0 spiro atoms. The van der Waals surface area contributed by atoms with Gasteiger partial charge >= 0.3 is 0 Å². The standard InChI is InChI=1S/C19H21ClN4O/c1-19(20)16(24-15-17(21)22-11-23-18(15)25-19)14-9-7-13(8-10-14)12-5-3-2-4-6-12/h7-12H,2-6H2,1H3,(H2,21,22,23). The summed E-state index contributed by atoms with van der Waals surface area (Å²) in [6.07, 6.45) is 7.90. The quantitative estimate of drug-likeness (QED) is 0.799. The summed E-state index contributed by atoms with van der Waals surface area (Å²) in [7, 11) is 0. The van der Waals surface area contributed by atoms with Crippen molar-refractivity contribution in [3.63, 3.8) is 0 Å². The molecule has 1 unspecified atom stereocenters. The number of halogens is 1. The van der Waals surface area contributed by atoms with E-state index < -0.39 is 5.06 Å². The number of anilines is 1. The largest absolute Gasteiger partial charge is 0.448 e. The third-order valence-electron chi connectivity index (χ3n) is 5.01. The lowest BCUT2D eigenvalue weighted by molar-refractivity contribution is 0.233. The van der Waals surface area contributed by atoms with Gasteiger partial charge in [-0.1, -0.05) is 55.1 Å². The van der Waals surface area contributed by atoms with Crippen molar-refractivity contribution in [3.05, 3.63) is 41.7 Å². The lowest BCUT2D eigenvalue weighted by Crippen LogP contribution is -2.38. The number of fused-ring (bicyclic) bond motifs is 1. The van der Waals surface area contributed by atoms with Crippen molar-refractivity contribution in [3.8, 4) is 5.88 Å². The highest BCUT2D eigenvalue weighted by Gasteiger charge is 2.37. The summed E-state index contributed by atoms with van der Waals surface area (Å²) < 4.78 is 5.82. The predicted octanol–water partition coefficient (Wildman–Crippen LogP) is 4.57. The number of hydrogen-bond acceptors (Lipinski definition) is 5. The zero-order valence-electron chi connectivity index (χ0n) is 14.2. The Labute approximate surface area is 152 Å². The van der Waals surface area contributed by atoms with Crippen molar-refractivity contribution in [2.24, 2.45) is 4.99 Å². The molecule has 2 N–H and O–H groups in total. The normalized spacial score (nSPS) is 23.5. The number of rotatable bonds is 2. The van der Waals surface area contributed by atoms with E-state index in [9.17, 15) is 0 Å². The Morgan fingerprint density at radius 2 is 1.84 bits per heavy atom. The lowest BCUT2D eigenvalue weighted by atomic mass is 9.83. The summed E-state index contributed by atoms with van der Waals surface area (Å²) in [5.41, 5.74) is 9.28. The second-order valence-electron chi connectivity index (χ2n) is 6.85. The molecule has 5 nitrogen and oxygen atoms in total. The molecular formula is C19H21ClN4O. The molecule has 1 fully saturated rings. The fourth-order valence-electron chi connectivity index (χ4n) is 3.67. The number of hydrogen-bond donors (Lipinski definition) is 1. The minimum Gasteiger partial charge on any atom is -0.448 e. The average molecular weight is 357 g/mol. The second kappa shape index (κ2) is 6.30. The summed E-state index contributed by atoms with van der Waals surface area (Å²) in [5.74, 6) is 1.26. The van der Waals surface area contributed by atoms with Crippen LogP contribution < -0.4 is 10.5 Å². The van der Waals surface area contributed by atoms with E-state index >= 15 is 0 Å². The van der Waals surface area contributed by atoms with Crippen LogP contribution in [0.1, 0.15) is 56.1 Å². The first-order valence-corrected chi connectivity index (χ1v) is 9.10. The molecule has 1 aromatic heterocycles. The number of alkyl halides is 1. The van der Waals surface area contributed by atoms with Gasteiger partial charge < -0.3 is 10.5 Å². The molecule has 4 rings (SSSR count). The Morgan fingerprint density at radius 3 is 2.56 bits per heavy atom. The molecule has 25 heavy (non-hydrogen) atoms. The van der Waals surface area contributed by atoms with Crippen LogP contribution in [0.5, 0.6) is 5.88 Å². The summed E-state index contributed by atoms with van der Waals surface area (Å²) in [4.78, 5) is 12.7. The van der Waals surface area contributed by atoms with E-state index in [0.717, 1.165) is 5.56 Å². The van der Waals surface area contributed by atoms with Gasteiger partial charge in [-0.3, -0.25) is 0 Å². The van der Waals surface area contributed by atoms with Crippen molar-refractivity contribution in [1.82, 2.24) is 9.97 Å². The molecule has 1 aliphatic carbocycles. The molecule has 0 radical (unpaired) electrons. The number of nitrogen functional groups attached to an aromatic ring is 1. The Kier molecular flexibility index (Phi) is 4.12. The highest BCUT2D eigenvalue weighted by Crippen LogP contribution is 2.41. The second-order valence-corrected chi connectivity index (χ2v) is 7.57. The average Bonchev–Trinajstić information content (AvgIpc) is 2.62. The fourth-order valence-corrected chi connectivity index (χ4v) is 3.89. The van der Waals surface area contributed by atoms with Gasteiger partial charge in [0.2, 0.25) is 10.9 Å². The molecule has 1 aromatic carbocycles. The van der Waals surface area contributed by atoms with Crippen molar-refractivity contribution in [1.29, 1.82) is 0 Å². The minimum atomic E-state index is -1.10. The van der Waals surface area contributed by atoms with Gasteiger partial charge in [0, 0.05) is 5.56 Å². The maximum atomic E-state index is 6.59. The van der Waals surface area contributed by atoms with E-state index in [-0.39, 0.29) is 5.82 Å². The number of aromatic nitrogens is 2. The summed E-state index contributed by atoms with van der Waals surface area (Å²) >= 11 is 6.59. The molecular weight excluding hydrogens is 336 g/mol. The van der Waals surface area contributed by atoms with E-state index in [1.807, 2.05) is 0 Å². The number of nitrogens with two attached hydrogens (primary N) is 1. The van der Waals surface area contributed by atoms with Gasteiger partial charge in [0.05, 0.1) is 0 Å². The van der Waals surface area contributed by atoms with E-state index in [1.165, 1.54) is 44.0 Å². The molecule has 2 heterocycles. The van der Waals surface area contributed by atoms with E-state index in [4.69, 9.17) is 22.1 Å². The summed E-state index contributed by atoms with van der Waals surface area (Å²) in [6.45, 7) is 1.77. The maximum Gasteiger partial charge on any atom is 0.247 e. The van der Waals surface area contributed by atoms with Gasteiger partial charge in [-0.15, -0.1) is 0 Å². The van der Waals surface area contributed by atoms with Crippen molar-refractivity contribution in [2.75, 3.05) is 5.73 Å². The molecule has 130 valence electrons. The first kappa shape index (κ1) is 16.3. The van der Waals surface area contributed by atoms with E-state index in [0.29, 0.717) is 23.2 Å². The van der Waals surface area contributed by atoms with Crippen LogP contribution in [0.25, 0.3) is 0 Å². The highest BCUT2D eigenvalue weighted by atomic mass is 35.5. The molecule has 1 aliphatic heterocycles. The number of benzene rings is 1. The van der Waals surface area contributed by atoms with E-state index in [1.54, 1.807) is 6.92 Å². The minimum absolute atomic E-state index is 0.286. The Hall–Kier alpha value is -2.14. The fraction of sp³-hybridized carbons (Fsp3) is 0.421. The molecule has 1 saturated carbocycles. The molecule has 2 aliphatic rings. The van der Waals surface area contributed by atoms with Crippen molar-refractivity contribution in [2.45, 2.75) is 50.0 Å². The van der Waals surface area contributed by atoms with Crippen LogP contribution in [0.2, 0.25) is 0 Å². The molecule has 0 saturated heterocycles. The zero-order chi connectivity index (χ0) is 17.4. The van der Waals surface area contributed by atoms with Crippen LogP contribution in [0.15, 0.2) is 35.6 Å². The molecule has 0 amide bonds. The van der Waals surface area contributed by atoms with Crippen LogP contribution in [0.4, 0.5) is 11.5 Å². The summed E-state index contributed by atoms with van der Waals surface area (Å²) in [5, 5.41) is -1.10. The smallest absolute Gasteiger partial charge is 0.247 e. The van der Waals surface area contributed by atoms with Crippen LogP contribution >= 0.6 is 11.6 Å². The third-order valence-corrected chi connectivity index (χ3v) is 5.27. The van der Waals surface area contributed by atoms with Gasteiger partial charge in [0.15, 0.2) is 11.5 Å². The Morgan fingerprint density at radius 1 is 1.12 bits per heavy atom. The topological polar surface area (TPSA) is 73.4 Å². The van der Waals surface area contributed by atoms with Crippen molar-refractivity contribution < 1.29 is 4.74 Å². The van der Waals surface area contributed by atoms with Crippen LogP contribution in [0, 0.1) is 0 Å². The van der Waals surface area contributed by atoms with Crippen LogP contribution in [-0.2, 0) is 0 Å². The first-order valence-electron chi connectivity index (χ1n) is 8.72. The van der Waals surface area contributed by atoms with Crippen LogP contribution in [-0.4, -0.2) is 20.7 Å². The Balaban J connectivity index is 1.69. The zero-order valence-corrected chi connectivity index (χ0v) is 15.0.